The van der Waals surface area contributed by atoms with Crippen LogP contribution in [-0.2, 0) is 11.3 Å². The third-order valence-electron chi connectivity index (χ3n) is 5.26. The van der Waals surface area contributed by atoms with E-state index in [1.165, 1.54) is 21.6 Å². The van der Waals surface area contributed by atoms with Crippen LogP contribution in [0.25, 0.3) is 10.2 Å². The topological polar surface area (TPSA) is 46.1 Å². The molecule has 2 aromatic heterocycles. The van der Waals surface area contributed by atoms with Crippen LogP contribution in [0.4, 0.5) is 5.13 Å². The average molecular weight is 448 g/mol. The molecular formula is C25H25N3OS2. The lowest BCUT2D eigenvalue weighted by Gasteiger charge is -2.19. The van der Waals surface area contributed by atoms with E-state index in [1.54, 1.807) is 34.2 Å². The minimum Gasteiger partial charge on any atom is -0.282 e. The van der Waals surface area contributed by atoms with E-state index >= 15 is 0 Å². The van der Waals surface area contributed by atoms with Gasteiger partial charge in [0.1, 0.15) is 0 Å². The highest BCUT2D eigenvalue weighted by Crippen LogP contribution is 2.33. The summed E-state index contributed by atoms with van der Waals surface area (Å²) in [5, 5.41) is 0.736. The fourth-order valence-corrected chi connectivity index (χ4v) is 5.15. The molecule has 158 valence electrons. The Morgan fingerprint density at radius 3 is 2.58 bits per heavy atom. The Hall–Kier alpha value is -2.70. The number of amides is 1. The van der Waals surface area contributed by atoms with E-state index in [2.05, 4.69) is 62.2 Å². The second-order valence-corrected chi connectivity index (χ2v) is 9.74. The van der Waals surface area contributed by atoms with Crippen LogP contribution in [-0.4, -0.2) is 21.6 Å². The van der Waals surface area contributed by atoms with Crippen LogP contribution in [0.5, 0.6) is 0 Å². The zero-order valence-corrected chi connectivity index (χ0v) is 19.6. The minimum absolute atomic E-state index is 0.0682. The number of aryl methyl sites for hydroxylation is 3. The van der Waals surface area contributed by atoms with Crippen molar-refractivity contribution >= 4 is 44.4 Å². The Labute approximate surface area is 191 Å². The van der Waals surface area contributed by atoms with Crippen LogP contribution in [0.3, 0.4) is 0 Å². The maximum absolute atomic E-state index is 13.3. The molecule has 0 atom stereocenters. The lowest BCUT2D eigenvalue weighted by Crippen LogP contribution is -2.30. The molecule has 0 aliphatic carbocycles. The summed E-state index contributed by atoms with van der Waals surface area (Å²) in [5.74, 6) is 0.794. The highest BCUT2D eigenvalue weighted by molar-refractivity contribution is 7.99. The van der Waals surface area contributed by atoms with Crippen molar-refractivity contribution in [2.24, 2.45) is 0 Å². The zero-order chi connectivity index (χ0) is 21.8. The number of hydrogen-bond donors (Lipinski definition) is 0. The second-order valence-electron chi connectivity index (χ2n) is 7.56. The molecule has 0 spiro atoms. The number of pyridine rings is 1. The first kappa shape index (κ1) is 21.5. The van der Waals surface area contributed by atoms with Gasteiger partial charge in [-0.3, -0.25) is 14.7 Å². The Morgan fingerprint density at radius 2 is 1.84 bits per heavy atom. The molecule has 31 heavy (non-hydrogen) atoms. The van der Waals surface area contributed by atoms with Gasteiger partial charge in [0.05, 0.1) is 22.5 Å². The summed E-state index contributed by atoms with van der Waals surface area (Å²) in [5.41, 5.74) is 5.45. The fraction of sp³-hybridized carbons (Fsp3) is 0.240. The summed E-state index contributed by atoms with van der Waals surface area (Å²) in [6.07, 6.45) is 2.20. The van der Waals surface area contributed by atoms with Crippen LogP contribution in [0.2, 0.25) is 0 Å². The largest absolute Gasteiger partial charge is 0.282 e. The average Bonchev–Trinajstić information content (AvgIpc) is 3.21. The van der Waals surface area contributed by atoms with Gasteiger partial charge in [0.2, 0.25) is 5.91 Å². The number of benzene rings is 2. The van der Waals surface area contributed by atoms with Gasteiger partial charge in [-0.1, -0.05) is 41.2 Å². The predicted octanol–water partition coefficient (Wildman–Crippen LogP) is 6.33. The minimum atomic E-state index is 0.0682. The van der Waals surface area contributed by atoms with E-state index in [0.29, 0.717) is 13.0 Å². The normalized spacial score (nSPS) is 11.1. The Balaban J connectivity index is 1.56. The van der Waals surface area contributed by atoms with Crippen molar-refractivity contribution in [2.45, 2.75) is 38.6 Å². The maximum Gasteiger partial charge on any atom is 0.229 e. The maximum atomic E-state index is 13.3. The molecule has 0 aliphatic rings. The van der Waals surface area contributed by atoms with Gasteiger partial charge in [0.25, 0.3) is 0 Å². The summed E-state index contributed by atoms with van der Waals surface area (Å²) in [7, 11) is 0. The van der Waals surface area contributed by atoms with Gasteiger partial charge < -0.3 is 0 Å². The monoisotopic (exact) mass is 447 g/mol. The lowest BCUT2D eigenvalue weighted by atomic mass is 10.1. The number of carbonyl (C=O) groups is 1. The summed E-state index contributed by atoms with van der Waals surface area (Å²) >= 11 is 3.27. The highest BCUT2D eigenvalue weighted by Gasteiger charge is 2.21. The number of carbonyl (C=O) groups excluding carboxylic acids is 1. The molecule has 0 unspecified atom stereocenters. The van der Waals surface area contributed by atoms with E-state index in [4.69, 9.17) is 4.98 Å². The van der Waals surface area contributed by atoms with Crippen molar-refractivity contribution in [3.05, 3.63) is 83.2 Å². The molecule has 4 nitrogen and oxygen atoms in total. The van der Waals surface area contributed by atoms with Gasteiger partial charge in [-0.05, 0) is 62.2 Å². The summed E-state index contributed by atoms with van der Waals surface area (Å²) in [6, 6.07) is 18.4. The van der Waals surface area contributed by atoms with Crippen molar-refractivity contribution in [3.63, 3.8) is 0 Å². The van der Waals surface area contributed by atoms with E-state index in [-0.39, 0.29) is 5.91 Å². The molecule has 0 bridgehead atoms. The first-order valence-corrected chi connectivity index (χ1v) is 12.1. The van der Waals surface area contributed by atoms with E-state index in [0.717, 1.165) is 26.8 Å². The number of hydrogen-bond acceptors (Lipinski definition) is 5. The van der Waals surface area contributed by atoms with Gasteiger partial charge in [-0.15, -0.1) is 11.8 Å². The number of anilines is 1. The summed E-state index contributed by atoms with van der Waals surface area (Å²) in [4.78, 5) is 25.5. The van der Waals surface area contributed by atoms with Gasteiger partial charge in [0.15, 0.2) is 5.13 Å². The molecular weight excluding hydrogens is 422 g/mol. The molecule has 6 heteroatoms. The quantitative estimate of drug-likeness (QED) is 0.311. The number of thiazole rings is 1. The fourth-order valence-electron chi connectivity index (χ4n) is 3.27. The van der Waals surface area contributed by atoms with Crippen LogP contribution in [0.15, 0.2) is 65.7 Å². The van der Waals surface area contributed by atoms with Crippen molar-refractivity contribution in [1.29, 1.82) is 0 Å². The molecule has 0 fully saturated rings. The lowest BCUT2D eigenvalue weighted by molar-refractivity contribution is -0.118. The van der Waals surface area contributed by atoms with Crippen LogP contribution in [0.1, 0.15) is 28.8 Å². The molecule has 0 N–H and O–H groups in total. The number of aromatic nitrogens is 2. The smallest absolute Gasteiger partial charge is 0.229 e. The third-order valence-corrected chi connectivity index (χ3v) is 7.31. The van der Waals surface area contributed by atoms with Crippen molar-refractivity contribution in [3.8, 4) is 0 Å². The number of nitrogens with zero attached hydrogens (tertiary/aromatic N) is 3. The van der Waals surface area contributed by atoms with E-state index in [1.807, 2.05) is 18.2 Å². The number of thioether (sulfide) groups is 1. The van der Waals surface area contributed by atoms with Crippen molar-refractivity contribution in [1.82, 2.24) is 9.97 Å². The first-order chi connectivity index (χ1) is 15.0. The molecule has 1 amide bonds. The number of fused-ring (bicyclic) bond motifs is 1. The van der Waals surface area contributed by atoms with Gasteiger partial charge in [-0.25, -0.2) is 4.98 Å². The summed E-state index contributed by atoms with van der Waals surface area (Å²) in [6.45, 7) is 6.68. The third kappa shape index (κ3) is 5.14. The van der Waals surface area contributed by atoms with Crippen molar-refractivity contribution < 1.29 is 4.79 Å². The molecule has 0 saturated heterocycles. The standard InChI is InChI=1S/C25H25N3OS2/c1-17-7-10-21(11-8-17)30-15-13-23(29)28(16-20-6-4-5-14-26-20)25-27-24-19(3)18(2)9-12-22(24)31-25/h4-12,14H,13,15-16H2,1-3H3. The van der Waals surface area contributed by atoms with Gasteiger partial charge in [0, 0.05) is 23.3 Å². The molecule has 0 radical (unpaired) electrons. The first-order valence-electron chi connectivity index (χ1n) is 10.3. The van der Waals surface area contributed by atoms with Crippen LogP contribution >= 0.6 is 23.1 Å². The van der Waals surface area contributed by atoms with Gasteiger partial charge >= 0.3 is 0 Å². The molecule has 2 aromatic carbocycles. The SMILES string of the molecule is Cc1ccc(SCCC(=O)N(Cc2ccccn2)c2nc3c(C)c(C)ccc3s2)cc1. The predicted molar refractivity (Wildman–Crippen MR) is 131 cm³/mol. The second kappa shape index (κ2) is 9.62. The molecule has 2 heterocycles. The Bertz CT molecular complexity index is 1190. The summed E-state index contributed by atoms with van der Waals surface area (Å²) < 4.78 is 1.10. The van der Waals surface area contributed by atoms with E-state index < -0.39 is 0 Å². The van der Waals surface area contributed by atoms with Crippen LogP contribution in [0, 0.1) is 20.8 Å². The van der Waals surface area contributed by atoms with E-state index in [9.17, 15) is 4.79 Å². The molecule has 0 saturated carbocycles. The molecule has 4 aromatic rings. The zero-order valence-electron chi connectivity index (χ0n) is 18.0. The Morgan fingerprint density at radius 1 is 1.03 bits per heavy atom. The molecule has 4 rings (SSSR count). The van der Waals surface area contributed by atoms with Gasteiger partial charge in [-0.2, -0.15) is 0 Å². The van der Waals surface area contributed by atoms with Crippen LogP contribution < -0.4 is 4.90 Å². The molecule has 0 aliphatic heterocycles. The number of rotatable bonds is 7. The highest BCUT2D eigenvalue weighted by atomic mass is 32.2. The van der Waals surface area contributed by atoms with Crippen molar-refractivity contribution in [2.75, 3.05) is 10.7 Å². The Kier molecular flexibility index (Phi) is 6.68.